The third-order valence-corrected chi connectivity index (χ3v) is 4.32. The van der Waals surface area contributed by atoms with E-state index in [1.54, 1.807) is 6.07 Å². The second-order valence-electron chi connectivity index (χ2n) is 5.40. The molecule has 1 fully saturated rings. The summed E-state index contributed by atoms with van der Waals surface area (Å²) in [5, 5.41) is 14.8. The highest BCUT2D eigenvalue weighted by Gasteiger charge is 2.34. The Kier molecular flexibility index (Phi) is 4.11. The quantitative estimate of drug-likeness (QED) is 0.899. The normalized spacial score (nSPS) is 29.1. The Bertz CT molecular complexity index is 503. The van der Waals surface area contributed by atoms with Gasteiger partial charge in [0.2, 0.25) is 0 Å². The first kappa shape index (κ1) is 14.4. The van der Waals surface area contributed by atoms with Crippen molar-refractivity contribution in [2.45, 2.75) is 24.5 Å². The van der Waals surface area contributed by atoms with Crippen molar-refractivity contribution in [3.63, 3.8) is 0 Å². The molecule has 2 unspecified atom stereocenters. The molecule has 3 rings (SSSR count). The fourth-order valence-electron chi connectivity index (χ4n) is 2.69. The van der Waals surface area contributed by atoms with Gasteiger partial charge in [-0.3, -0.25) is 0 Å². The van der Waals surface area contributed by atoms with Crippen LogP contribution in [-0.4, -0.2) is 37.1 Å². The molecule has 0 aliphatic carbocycles. The molecule has 4 nitrogen and oxygen atoms in total. The number of nitrogens with one attached hydrogen (secondary N) is 1. The summed E-state index contributed by atoms with van der Waals surface area (Å²) in [5.74, 6) is 0.689. The molecule has 110 valence electrons. The van der Waals surface area contributed by atoms with Crippen molar-refractivity contribution in [1.82, 2.24) is 5.32 Å². The van der Waals surface area contributed by atoms with E-state index >= 15 is 0 Å². The predicted octanol–water partition coefficient (Wildman–Crippen LogP) is 2.56. The monoisotopic (exact) mass is 317 g/mol. The van der Waals surface area contributed by atoms with Gasteiger partial charge in [-0.05, 0) is 12.1 Å². The fourth-order valence-corrected chi connectivity index (χ4v) is 3.25. The number of halogens is 2. The molecule has 0 radical (unpaired) electrons. The molecule has 2 aliphatic heterocycles. The highest BCUT2D eigenvalue weighted by molar-refractivity contribution is 6.35. The van der Waals surface area contributed by atoms with Crippen molar-refractivity contribution in [3.8, 4) is 5.75 Å². The van der Waals surface area contributed by atoms with Gasteiger partial charge in [0.15, 0.2) is 0 Å². The molecule has 1 aromatic rings. The van der Waals surface area contributed by atoms with Gasteiger partial charge in [-0.15, -0.1) is 0 Å². The average Bonchev–Trinajstić information content (AvgIpc) is 2.84. The Hall–Kier alpha value is -0.520. The van der Waals surface area contributed by atoms with Crippen LogP contribution in [0.2, 0.25) is 10.0 Å². The molecule has 2 heterocycles. The van der Waals surface area contributed by atoms with Crippen molar-refractivity contribution in [2.24, 2.45) is 0 Å². The van der Waals surface area contributed by atoms with E-state index in [0.29, 0.717) is 48.6 Å². The van der Waals surface area contributed by atoms with Crippen LogP contribution in [0.1, 0.15) is 24.4 Å². The molecular formula is C14H17Cl2NO3. The van der Waals surface area contributed by atoms with E-state index in [4.69, 9.17) is 32.7 Å². The van der Waals surface area contributed by atoms with E-state index in [1.165, 1.54) is 0 Å². The van der Waals surface area contributed by atoms with Crippen molar-refractivity contribution in [2.75, 3.05) is 26.4 Å². The lowest BCUT2D eigenvalue weighted by molar-refractivity contribution is 0.0235. The SMILES string of the molecule is OC1(CNC2CCOc3c(Cl)cc(Cl)cc32)CCOC1. The molecule has 1 aromatic carbocycles. The summed E-state index contributed by atoms with van der Waals surface area (Å²) < 4.78 is 10.9. The second kappa shape index (κ2) is 5.70. The summed E-state index contributed by atoms with van der Waals surface area (Å²) in [6, 6.07) is 3.64. The molecule has 20 heavy (non-hydrogen) atoms. The van der Waals surface area contributed by atoms with Gasteiger partial charge in [0.05, 0.1) is 18.2 Å². The van der Waals surface area contributed by atoms with Crippen molar-refractivity contribution in [3.05, 3.63) is 27.7 Å². The van der Waals surface area contributed by atoms with Crippen LogP contribution in [0.5, 0.6) is 5.75 Å². The van der Waals surface area contributed by atoms with Crippen molar-refractivity contribution in [1.29, 1.82) is 0 Å². The zero-order chi connectivity index (χ0) is 14.2. The highest BCUT2D eigenvalue weighted by atomic mass is 35.5. The van der Waals surface area contributed by atoms with Crippen LogP contribution in [0.25, 0.3) is 0 Å². The summed E-state index contributed by atoms with van der Waals surface area (Å²) in [4.78, 5) is 0. The van der Waals surface area contributed by atoms with Crippen LogP contribution in [0.3, 0.4) is 0 Å². The number of fused-ring (bicyclic) bond motifs is 1. The third kappa shape index (κ3) is 2.90. The minimum atomic E-state index is -0.777. The zero-order valence-electron chi connectivity index (χ0n) is 11.0. The maximum atomic E-state index is 10.3. The fraction of sp³-hybridized carbons (Fsp3) is 0.571. The van der Waals surface area contributed by atoms with Crippen LogP contribution in [0.15, 0.2) is 12.1 Å². The Morgan fingerprint density at radius 2 is 2.20 bits per heavy atom. The second-order valence-corrected chi connectivity index (χ2v) is 6.25. The maximum absolute atomic E-state index is 10.3. The highest BCUT2D eigenvalue weighted by Crippen LogP contribution is 2.40. The molecule has 2 atom stereocenters. The summed E-state index contributed by atoms with van der Waals surface area (Å²) in [5.41, 5.74) is 0.178. The van der Waals surface area contributed by atoms with Gasteiger partial charge in [0.1, 0.15) is 11.4 Å². The van der Waals surface area contributed by atoms with E-state index in [1.807, 2.05) is 6.07 Å². The van der Waals surface area contributed by atoms with E-state index in [-0.39, 0.29) is 6.04 Å². The van der Waals surface area contributed by atoms with Crippen molar-refractivity contribution >= 4 is 23.2 Å². The van der Waals surface area contributed by atoms with E-state index in [0.717, 1.165) is 12.0 Å². The molecule has 2 aliphatic rings. The lowest BCUT2D eigenvalue weighted by Gasteiger charge is -2.30. The maximum Gasteiger partial charge on any atom is 0.142 e. The Morgan fingerprint density at radius 1 is 1.35 bits per heavy atom. The minimum Gasteiger partial charge on any atom is -0.492 e. The topological polar surface area (TPSA) is 50.7 Å². The van der Waals surface area contributed by atoms with E-state index in [2.05, 4.69) is 5.32 Å². The summed E-state index contributed by atoms with van der Waals surface area (Å²) in [6.45, 7) is 2.08. The summed E-state index contributed by atoms with van der Waals surface area (Å²) in [7, 11) is 0. The average molecular weight is 318 g/mol. The number of hydrogen-bond acceptors (Lipinski definition) is 4. The smallest absolute Gasteiger partial charge is 0.142 e. The first-order valence-electron chi connectivity index (χ1n) is 6.73. The van der Waals surface area contributed by atoms with Gasteiger partial charge in [0.25, 0.3) is 0 Å². The van der Waals surface area contributed by atoms with Gasteiger partial charge in [-0.25, -0.2) is 0 Å². The Balaban J connectivity index is 1.76. The van der Waals surface area contributed by atoms with Gasteiger partial charge >= 0.3 is 0 Å². The lowest BCUT2D eigenvalue weighted by Crippen LogP contribution is -2.43. The Labute approximate surface area is 128 Å². The first-order chi connectivity index (χ1) is 9.57. The van der Waals surface area contributed by atoms with Crippen LogP contribution in [0, 0.1) is 0 Å². The number of rotatable bonds is 3. The largest absolute Gasteiger partial charge is 0.492 e. The van der Waals surface area contributed by atoms with E-state index in [9.17, 15) is 5.11 Å². The molecular weight excluding hydrogens is 301 g/mol. The molecule has 0 bridgehead atoms. The lowest BCUT2D eigenvalue weighted by atomic mass is 9.98. The van der Waals surface area contributed by atoms with Gasteiger partial charge < -0.3 is 19.9 Å². The molecule has 0 aromatic heterocycles. The zero-order valence-corrected chi connectivity index (χ0v) is 12.5. The van der Waals surface area contributed by atoms with Crippen molar-refractivity contribution < 1.29 is 14.6 Å². The number of ether oxygens (including phenoxy) is 2. The first-order valence-corrected chi connectivity index (χ1v) is 7.48. The summed E-state index contributed by atoms with van der Waals surface area (Å²) >= 11 is 12.2. The molecule has 1 saturated heterocycles. The minimum absolute atomic E-state index is 0.0829. The third-order valence-electron chi connectivity index (χ3n) is 3.83. The van der Waals surface area contributed by atoms with Crippen LogP contribution >= 0.6 is 23.2 Å². The molecule has 0 amide bonds. The van der Waals surface area contributed by atoms with Crippen LogP contribution in [0.4, 0.5) is 0 Å². The van der Waals surface area contributed by atoms with Crippen LogP contribution < -0.4 is 10.1 Å². The Morgan fingerprint density at radius 3 is 2.95 bits per heavy atom. The number of hydrogen-bond donors (Lipinski definition) is 2. The predicted molar refractivity (Wildman–Crippen MR) is 77.7 cm³/mol. The number of aliphatic hydroxyl groups is 1. The van der Waals surface area contributed by atoms with E-state index < -0.39 is 5.60 Å². The van der Waals surface area contributed by atoms with Gasteiger partial charge in [0, 0.05) is 42.6 Å². The van der Waals surface area contributed by atoms with Gasteiger partial charge in [-0.2, -0.15) is 0 Å². The standard InChI is InChI=1S/C14H17Cl2NO3/c15-9-5-10-12(1-3-20-13(10)11(16)6-9)17-7-14(18)2-4-19-8-14/h5-6,12,17-18H,1-4,7-8H2. The molecule has 2 N–H and O–H groups in total. The number of benzene rings is 1. The molecule has 6 heteroatoms. The van der Waals surface area contributed by atoms with Gasteiger partial charge in [-0.1, -0.05) is 23.2 Å². The molecule has 0 saturated carbocycles. The molecule has 0 spiro atoms. The summed E-state index contributed by atoms with van der Waals surface area (Å²) in [6.07, 6.45) is 1.48. The van der Waals surface area contributed by atoms with Crippen LogP contribution in [-0.2, 0) is 4.74 Å².